The number of fused-ring (bicyclic) bond motifs is 1. The molecule has 1 aliphatic carbocycles. The fourth-order valence-corrected chi connectivity index (χ4v) is 3.53. The summed E-state index contributed by atoms with van der Waals surface area (Å²) in [5.41, 5.74) is 11.2. The zero-order valence-electron chi connectivity index (χ0n) is 10.6. The summed E-state index contributed by atoms with van der Waals surface area (Å²) in [6, 6.07) is 12.9. The zero-order valence-corrected chi connectivity index (χ0v) is 11.4. The number of nitrogens with two attached hydrogens (primary N) is 1. The Morgan fingerprint density at radius 1 is 1.06 bits per heavy atom. The molecule has 2 aromatic rings. The summed E-state index contributed by atoms with van der Waals surface area (Å²) in [4.78, 5) is 2.49. The maximum atomic E-state index is 6.06. The molecule has 0 saturated heterocycles. The molecule has 0 aliphatic heterocycles. The predicted molar refractivity (Wildman–Crippen MR) is 78.2 cm³/mol. The van der Waals surface area contributed by atoms with Crippen molar-refractivity contribution in [3.63, 3.8) is 0 Å². The van der Waals surface area contributed by atoms with Gasteiger partial charge in [0.25, 0.3) is 0 Å². The number of hydrogen-bond acceptors (Lipinski definition) is 2. The molecule has 0 unspecified atom stereocenters. The van der Waals surface area contributed by atoms with E-state index in [1.807, 2.05) is 12.1 Å². The lowest BCUT2D eigenvalue weighted by Gasteiger charge is -2.10. The molecule has 2 heteroatoms. The van der Waals surface area contributed by atoms with E-state index in [1.165, 1.54) is 45.7 Å². The van der Waals surface area contributed by atoms with Gasteiger partial charge in [0, 0.05) is 15.5 Å². The van der Waals surface area contributed by atoms with Crippen molar-refractivity contribution in [1.29, 1.82) is 0 Å². The molecular formula is C16H17NS. The lowest BCUT2D eigenvalue weighted by atomic mass is 10.1. The zero-order chi connectivity index (χ0) is 12.5. The van der Waals surface area contributed by atoms with Gasteiger partial charge in [-0.3, -0.25) is 0 Å². The smallest absolute Gasteiger partial charge is 0.0458 e. The number of rotatable bonds is 2. The monoisotopic (exact) mass is 255 g/mol. The van der Waals surface area contributed by atoms with Crippen LogP contribution >= 0.6 is 11.8 Å². The summed E-state index contributed by atoms with van der Waals surface area (Å²) in [5, 5.41) is 0. The highest BCUT2D eigenvalue weighted by molar-refractivity contribution is 7.99. The van der Waals surface area contributed by atoms with Crippen LogP contribution in [0.4, 0.5) is 5.69 Å². The third kappa shape index (κ3) is 2.13. The van der Waals surface area contributed by atoms with Crippen LogP contribution in [-0.2, 0) is 12.8 Å². The van der Waals surface area contributed by atoms with Gasteiger partial charge in [-0.2, -0.15) is 0 Å². The average molecular weight is 255 g/mol. The highest BCUT2D eigenvalue weighted by Crippen LogP contribution is 2.36. The quantitative estimate of drug-likeness (QED) is 0.813. The SMILES string of the molecule is Cc1cccc(N)c1Sc1ccc2c(c1)CCC2. The van der Waals surface area contributed by atoms with Crippen LogP contribution in [0.25, 0.3) is 0 Å². The van der Waals surface area contributed by atoms with Gasteiger partial charge in [0.15, 0.2) is 0 Å². The molecule has 18 heavy (non-hydrogen) atoms. The lowest BCUT2D eigenvalue weighted by Crippen LogP contribution is -1.91. The molecule has 2 aromatic carbocycles. The van der Waals surface area contributed by atoms with Gasteiger partial charge in [-0.05, 0) is 61.1 Å². The second kappa shape index (κ2) is 4.69. The Morgan fingerprint density at radius 2 is 1.89 bits per heavy atom. The summed E-state index contributed by atoms with van der Waals surface area (Å²) in [6.45, 7) is 2.12. The summed E-state index contributed by atoms with van der Waals surface area (Å²) in [7, 11) is 0. The van der Waals surface area contributed by atoms with E-state index in [0.29, 0.717) is 0 Å². The van der Waals surface area contributed by atoms with E-state index >= 15 is 0 Å². The molecule has 1 nitrogen and oxygen atoms in total. The van der Waals surface area contributed by atoms with Crippen molar-refractivity contribution in [2.45, 2.75) is 36.0 Å². The number of nitrogen functional groups attached to an aromatic ring is 1. The molecule has 0 spiro atoms. The molecule has 3 rings (SSSR count). The first-order chi connectivity index (χ1) is 8.74. The van der Waals surface area contributed by atoms with Gasteiger partial charge in [0.1, 0.15) is 0 Å². The Labute approximate surface area is 112 Å². The van der Waals surface area contributed by atoms with Crippen molar-refractivity contribution < 1.29 is 0 Å². The Balaban J connectivity index is 1.93. The normalized spacial score (nSPS) is 13.6. The van der Waals surface area contributed by atoms with E-state index < -0.39 is 0 Å². The van der Waals surface area contributed by atoms with Crippen LogP contribution in [-0.4, -0.2) is 0 Å². The molecule has 0 radical (unpaired) electrons. The van der Waals surface area contributed by atoms with E-state index in [1.54, 1.807) is 11.8 Å². The van der Waals surface area contributed by atoms with Crippen molar-refractivity contribution in [3.05, 3.63) is 53.1 Å². The van der Waals surface area contributed by atoms with Crippen molar-refractivity contribution in [2.75, 3.05) is 5.73 Å². The van der Waals surface area contributed by atoms with Gasteiger partial charge in [-0.1, -0.05) is 30.0 Å². The number of hydrogen-bond donors (Lipinski definition) is 1. The number of anilines is 1. The van der Waals surface area contributed by atoms with Gasteiger partial charge in [-0.15, -0.1) is 0 Å². The van der Waals surface area contributed by atoms with Crippen LogP contribution in [0.5, 0.6) is 0 Å². The highest BCUT2D eigenvalue weighted by atomic mass is 32.2. The van der Waals surface area contributed by atoms with Gasteiger partial charge in [0.2, 0.25) is 0 Å². The minimum Gasteiger partial charge on any atom is -0.398 e. The van der Waals surface area contributed by atoms with E-state index in [4.69, 9.17) is 5.73 Å². The van der Waals surface area contributed by atoms with Crippen molar-refractivity contribution >= 4 is 17.4 Å². The second-order valence-corrected chi connectivity index (χ2v) is 5.96. The maximum absolute atomic E-state index is 6.06. The topological polar surface area (TPSA) is 26.0 Å². The Morgan fingerprint density at radius 3 is 2.72 bits per heavy atom. The van der Waals surface area contributed by atoms with Gasteiger partial charge >= 0.3 is 0 Å². The fraction of sp³-hybridized carbons (Fsp3) is 0.250. The Kier molecular flexibility index (Phi) is 3.04. The first-order valence-electron chi connectivity index (χ1n) is 6.39. The Bertz CT molecular complexity index is 569. The minimum atomic E-state index is 0.875. The molecule has 0 aromatic heterocycles. The van der Waals surface area contributed by atoms with Gasteiger partial charge in [0.05, 0.1) is 0 Å². The first-order valence-corrected chi connectivity index (χ1v) is 7.20. The minimum absolute atomic E-state index is 0.875. The first kappa shape index (κ1) is 11.7. The molecule has 0 saturated carbocycles. The number of benzene rings is 2. The third-order valence-corrected chi connectivity index (χ3v) is 4.78. The van der Waals surface area contributed by atoms with Gasteiger partial charge in [-0.25, -0.2) is 0 Å². The van der Waals surface area contributed by atoms with Crippen LogP contribution in [0.1, 0.15) is 23.1 Å². The van der Waals surface area contributed by atoms with Crippen LogP contribution in [0.15, 0.2) is 46.2 Å². The van der Waals surface area contributed by atoms with Crippen molar-refractivity contribution in [2.24, 2.45) is 0 Å². The molecule has 0 fully saturated rings. The number of aryl methyl sites for hydroxylation is 3. The molecule has 0 heterocycles. The molecule has 0 bridgehead atoms. The molecule has 0 amide bonds. The van der Waals surface area contributed by atoms with Crippen LogP contribution < -0.4 is 5.73 Å². The van der Waals surface area contributed by atoms with Crippen LogP contribution in [0, 0.1) is 6.92 Å². The summed E-state index contributed by atoms with van der Waals surface area (Å²) in [6.07, 6.45) is 3.77. The van der Waals surface area contributed by atoms with Crippen molar-refractivity contribution in [3.8, 4) is 0 Å². The summed E-state index contributed by atoms with van der Waals surface area (Å²) in [5.74, 6) is 0. The maximum Gasteiger partial charge on any atom is 0.0458 e. The molecule has 1 aliphatic rings. The highest BCUT2D eigenvalue weighted by Gasteiger charge is 2.12. The summed E-state index contributed by atoms with van der Waals surface area (Å²) < 4.78 is 0. The van der Waals surface area contributed by atoms with Crippen molar-refractivity contribution in [1.82, 2.24) is 0 Å². The predicted octanol–water partition coefficient (Wildman–Crippen LogP) is 4.22. The average Bonchev–Trinajstić information content (AvgIpc) is 2.81. The molecule has 0 atom stereocenters. The van der Waals surface area contributed by atoms with E-state index in [0.717, 1.165) is 5.69 Å². The van der Waals surface area contributed by atoms with E-state index in [-0.39, 0.29) is 0 Å². The largest absolute Gasteiger partial charge is 0.398 e. The van der Waals surface area contributed by atoms with Crippen LogP contribution in [0.3, 0.4) is 0 Å². The third-order valence-electron chi connectivity index (χ3n) is 3.53. The molecule has 92 valence electrons. The van der Waals surface area contributed by atoms with E-state index in [2.05, 4.69) is 31.2 Å². The Hall–Kier alpha value is -1.41. The lowest BCUT2D eigenvalue weighted by molar-refractivity contribution is 0.911. The van der Waals surface area contributed by atoms with E-state index in [9.17, 15) is 0 Å². The second-order valence-electron chi connectivity index (χ2n) is 4.88. The summed E-state index contributed by atoms with van der Waals surface area (Å²) >= 11 is 1.78. The van der Waals surface area contributed by atoms with Gasteiger partial charge < -0.3 is 5.73 Å². The van der Waals surface area contributed by atoms with Crippen LogP contribution in [0.2, 0.25) is 0 Å². The standard InChI is InChI=1S/C16H17NS/c1-11-4-2-7-15(17)16(11)18-14-9-8-12-5-3-6-13(12)10-14/h2,4,7-10H,3,5-6,17H2,1H3. The molecule has 2 N–H and O–H groups in total. The molecular weight excluding hydrogens is 238 g/mol. The fourth-order valence-electron chi connectivity index (χ4n) is 2.54.